The molecule has 0 aliphatic carbocycles. The van der Waals surface area contributed by atoms with Crippen molar-refractivity contribution in [3.8, 4) is 10.6 Å². The van der Waals surface area contributed by atoms with Crippen molar-refractivity contribution >= 4 is 22.3 Å². The van der Waals surface area contributed by atoms with E-state index in [4.69, 9.17) is 4.42 Å². The number of para-hydroxylation sites is 1. The molecule has 5 heteroatoms. The lowest BCUT2D eigenvalue weighted by Crippen LogP contribution is -2.11. The monoisotopic (exact) mass is 259 g/mol. The molecule has 0 amide bonds. The first-order chi connectivity index (χ1) is 8.79. The van der Waals surface area contributed by atoms with E-state index in [0.29, 0.717) is 0 Å². The summed E-state index contributed by atoms with van der Waals surface area (Å²) in [6, 6.07) is 8.17. The van der Waals surface area contributed by atoms with Crippen LogP contribution < -0.4 is 5.32 Å². The molecule has 3 aromatic rings. The highest BCUT2D eigenvalue weighted by Gasteiger charge is 2.15. The number of benzene rings is 1. The van der Waals surface area contributed by atoms with Crippen molar-refractivity contribution in [3.63, 3.8) is 0 Å². The number of fused-ring (bicyclic) bond motifs is 1. The molecular weight excluding hydrogens is 246 g/mol. The van der Waals surface area contributed by atoms with Gasteiger partial charge in [0.15, 0.2) is 5.01 Å². The fraction of sp³-hybridized carbons (Fsp3) is 0.231. The van der Waals surface area contributed by atoms with Crippen LogP contribution in [0.5, 0.6) is 0 Å². The number of aromatic nitrogens is 2. The minimum Gasteiger partial charge on any atom is -0.464 e. The predicted octanol–water partition coefficient (Wildman–Crippen LogP) is 3.23. The zero-order valence-electron chi connectivity index (χ0n) is 10.2. The van der Waals surface area contributed by atoms with Crippen molar-refractivity contribution in [2.45, 2.75) is 13.0 Å². The Morgan fingerprint density at radius 2 is 2.11 bits per heavy atom. The van der Waals surface area contributed by atoms with E-state index in [1.807, 2.05) is 31.3 Å². The topological polar surface area (TPSA) is 51.0 Å². The number of hydrogen-bond acceptors (Lipinski definition) is 5. The van der Waals surface area contributed by atoms with Crippen molar-refractivity contribution in [3.05, 3.63) is 35.5 Å². The van der Waals surface area contributed by atoms with Gasteiger partial charge in [0.25, 0.3) is 0 Å². The van der Waals surface area contributed by atoms with Gasteiger partial charge < -0.3 is 9.73 Å². The minimum absolute atomic E-state index is 0.217. The Hall–Kier alpha value is -1.72. The molecule has 0 saturated carbocycles. The number of rotatable bonds is 3. The van der Waals surface area contributed by atoms with Gasteiger partial charge in [-0.3, -0.25) is 0 Å². The van der Waals surface area contributed by atoms with Crippen molar-refractivity contribution < 1.29 is 4.42 Å². The van der Waals surface area contributed by atoms with E-state index in [1.165, 1.54) is 0 Å². The molecule has 0 aliphatic heterocycles. The summed E-state index contributed by atoms with van der Waals surface area (Å²) in [5, 5.41) is 14.6. The van der Waals surface area contributed by atoms with Crippen molar-refractivity contribution in [1.82, 2.24) is 15.5 Å². The molecule has 0 fully saturated rings. The molecule has 0 radical (unpaired) electrons. The van der Waals surface area contributed by atoms with Gasteiger partial charge in [0, 0.05) is 5.39 Å². The zero-order valence-corrected chi connectivity index (χ0v) is 11.0. The Kier molecular flexibility index (Phi) is 2.85. The van der Waals surface area contributed by atoms with Crippen LogP contribution in [0.3, 0.4) is 0 Å². The lowest BCUT2D eigenvalue weighted by Gasteiger charge is -2.02. The number of nitrogens with zero attached hydrogens (tertiary/aromatic N) is 2. The fourth-order valence-electron chi connectivity index (χ4n) is 1.79. The molecule has 2 aromatic heterocycles. The molecule has 1 atom stereocenters. The molecule has 1 unspecified atom stereocenters. The van der Waals surface area contributed by atoms with E-state index in [2.05, 4.69) is 22.4 Å². The maximum Gasteiger partial charge on any atom is 0.151 e. The summed E-state index contributed by atoms with van der Waals surface area (Å²) >= 11 is 1.59. The highest BCUT2D eigenvalue weighted by Crippen LogP contribution is 2.33. The van der Waals surface area contributed by atoms with Gasteiger partial charge in [0.2, 0.25) is 0 Å². The van der Waals surface area contributed by atoms with Gasteiger partial charge in [0.05, 0.1) is 11.6 Å². The van der Waals surface area contributed by atoms with Crippen molar-refractivity contribution in [1.29, 1.82) is 0 Å². The van der Waals surface area contributed by atoms with Crippen molar-refractivity contribution in [2.75, 3.05) is 7.05 Å². The van der Waals surface area contributed by atoms with E-state index in [-0.39, 0.29) is 6.04 Å². The van der Waals surface area contributed by atoms with Crippen LogP contribution >= 0.6 is 11.3 Å². The lowest BCUT2D eigenvalue weighted by atomic mass is 10.2. The number of nitrogens with one attached hydrogen (secondary N) is 1. The summed E-state index contributed by atoms with van der Waals surface area (Å²) in [5.74, 6) is 0. The molecule has 1 aromatic carbocycles. The molecule has 0 saturated heterocycles. The Labute approximate surface area is 109 Å². The van der Waals surface area contributed by atoms with Crippen LogP contribution in [0.15, 0.2) is 34.9 Å². The molecule has 2 heterocycles. The molecule has 1 N–H and O–H groups in total. The fourth-order valence-corrected chi connectivity index (χ4v) is 2.71. The summed E-state index contributed by atoms with van der Waals surface area (Å²) in [7, 11) is 1.92. The molecule has 92 valence electrons. The Balaban J connectivity index is 2.07. The third kappa shape index (κ3) is 1.81. The second-order valence-corrected chi connectivity index (χ2v) is 5.11. The van der Waals surface area contributed by atoms with Crippen LogP contribution in [0.1, 0.15) is 18.0 Å². The standard InChI is InChI=1S/C13H13N3OS/c1-8(14-2)12-15-16-13(18-12)10-7-17-11-6-4-3-5-9(10)11/h3-8,14H,1-2H3. The summed E-state index contributed by atoms with van der Waals surface area (Å²) in [4.78, 5) is 0. The Morgan fingerprint density at radius 1 is 1.28 bits per heavy atom. The first kappa shape index (κ1) is 11.4. The average Bonchev–Trinajstić information content (AvgIpc) is 3.03. The summed E-state index contributed by atoms with van der Waals surface area (Å²) in [6.45, 7) is 2.07. The molecule has 0 bridgehead atoms. The summed E-state index contributed by atoms with van der Waals surface area (Å²) < 4.78 is 5.52. The normalized spacial score (nSPS) is 13.0. The largest absolute Gasteiger partial charge is 0.464 e. The predicted molar refractivity (Wildman–Crippen MR) is 72.6 cm³/mol. The van der Waals surface area contributed by atoms with Gasteiger partial charge in [-0.2, -0.15) is 0 Å². The lowest BCUT2D eigenvalue weighted by molar-refractivity contribution is 0.617. The van der Waals surface area contributed by atoms with Gasteiger partial charge in [-0.15, -0.1) is 10.2 Å². The van der Waals surface area contributed by atoms with E-state index in [0.717, 1.165) is 26.5 Å². The van der Waals surface area contributed by atoms with Gasteiger partial charge in [-0.05, 0) is 20.0 Å². The Morgan fingerprint density at radius 3 is 2.94 bits per heavy atom. The number of hydrogen-bond donors (Lipinski definition) is 1. The number of furan rings is 1. The van der Waals surface area contributed by atoms with Gasteiger partial charge >= 0.3 is 0 Å². The second kappa shape index (κ2) is 4.51. The minimum atomic E-state index is 0.217. The van der Waals surface area contributed by atoms with Gasteiger partial charge in [-0.1, -0.05) is 29.5 Å². The maximum atomic E-state index is 5.52. The molecular formula is C13H13N3OS. The maximum absolute atomic E-state index is 5.52. The van der Waals surface area contributed by atoms with E-state index >= 15 is 0 Å². The first-order valence-corrected chi connectivity index (χ1v) is 6.58. The SMILES string of the molecule is CNC(C)c1nnc(-c2coc3ccccc23)s1. The first-order valence-electron chi connectivity index (χ1n) is 5.77. The van der Waals surface area contributed by atoms with Gasteiger partial charge in [0.1, 0.15) is 16.9 Å². The summed E-state index contributed by atoms with van der Waals surface area (Å²) in [5.41, 5.74) is 1.89. The zero-order chi connectivity index (χ0) is 12.5. The summed E-state index contributed by atoms with van der Waals surface area (Å²) in [6.07, 6.45) is 1.75. The van der Waals surface area contributed by atoms with Crippen LogP contribution in [-0.4, -0.2) is 17.2 Å². The van der Waals surface area contributed by atoms with Crippen LogP contribution in [0.4, 0.5) is 0 Å². The van der Waals surface area contributed by atoms with E-state index in [1.54, 1.807) is 17.6 Å². The molecule has 0 spiro atoms. The quantitative estimate of drug-likeness (QED) is 0.784. The van der Waals surface area contributed by atoms with Crippen LogP contribution in [0, 0.1) is 0 Å². The van der Waals surface area contributed by atoms with Crippen LogP contribution in [0.2, 0.25) is 0 Å². The van der Waals surface area contributed by atoms with E-state index in [9.17, 15) is 0 Å². The molecule has 4 nitrogen and oxygen atoms in total. The Bertz CT molecular complexity index is 673. The van der Waals surface area contributed by atoms with Crippen LogP contribution in [0.25, 0.3) is 21.5 Å². The highest BCUT2D eigenvalue weighted by molar-refractivity contribution is 7.14. The molecule has 3 rings (SSSR count). The second-order valence-electron chi connectivity index (χ2n) is 4.10. The third-order valence-corrected chi connectivity index (χ3v) is 4.09. The van der Waals surface area contributed by atoms with Gasteiger partial charge in [-0.25, -0.2) is 0 Å². The van der Waals surface area contributed by atoms with Crippen LogP contribution in [-0.2, 0) is 0 Å². The average molecular weight is 259 g/mol. The highest BCUT2D eigenvalue weighted by atomic mass is 32.1. The smallest absolute Gasteiger partial charge is 0.151 e. The third-order valence-electron chi connectivity index (χ3n) is 2.96. The van der Waals surface area contributed by atoms with Crippen molar-refractivity contribution in [2.24, 2.45) is 0 Å². The molecule has 18 heavy (non-hydrogen) atoms. The molecule has 0 aliphatic rings. The van der Waals surface area contributed by atoms with E-state index < -0.39 is 0 Å².